The van der Waals surface area contributed by atoms with E-state index in [1.54, 1.807) is 0 Å². The second-order valence-electron chi connectivity index (χ2n) is 9.50. The molecule has 0 bridgehead atoms. The van der Waals surface area contributed by atoms with Crippen molar-refractivity contribution in [1.29, 1.82) is 0 Å². The second kappa shape index (κ2) is 14.7. The molecular weight excluding hydrogens is 442 g/mol. The fourth-order valence-corrected chi connectivity index (χ4v) is 5.41. The van der Waals surface area contributed by atoms with Gasteiger partial charge < -0.3 is 19.9 Å². The third-order valence-electron chi connectivity index (χ3n) is 7.27. The average molecular weight is 490 g/mol. The molecule has 0 radical (unpaired) electrons. The zero-order chi connectivity index (χ0) is 25.8. The first kappa shape index (κ1) is 27.9. The van der Waals surface area contributed by atoms with Crippen molar-refractivity contribution < 1.29 is 4.74 Å². The highest BCUT2D eigenvalue weighted by Gasteiger charge is 2.23. The van der Waals surface area contributed by atoms with E-state index in [1.165, 1.54) is 53.8 Å². The number of rotatable bonds is 9. The Balaban J connectivity index is 0.00000176. The smallest absolute Gasteiger partial charge is 0.128 e. The van der Waals surface area contributed by atoms with Gasteiger partial charge in [0, 0.05) is 49.7 Å². The van der Waals surface area contributed by atoms with E-state index in [9.17, 15) is 0 Å². The minimum atomic E-state index is 0.642. The van der Waals surface area contributed by atoms with Crippen molar-refractivity contribution in [2.45, 2.75) is 65.8 Å². The molecule has 0 unspecified atom stereocenters. The van der Waals surface area contributed by atoms with Crippen LogP contribution >= 0.6 is 0 Å². The molecule has 0 aromatic heterocycles. The number of allylic oxidation sites excluding steroid dienone is 2. The molecule has 36 heavy (non-hydrogen) atoms. The van der Waals surface area contributed by atoms with Crippen molar-refractivity contribution in [2.75, 3.05) is 39.8 Å². The first-order chi connectivity index (χ1) is 17.7. The predicted molar refractivity (Wildman–Crippen MR) is 154 cm³/mol. The maximum atomic E-state index is 6.24. The van der Waals surface area contributed by atoms with Gasteiger partial charge in [-0.2, -0.15) is 0 Å². The summed E-state index contributed by atoms with van der Waals surface area (Å²) in [6.45, 7) is 14.3. The molecule has 2 aliphatic heterocycles. The Bertz CT molecular complexity index is 982. The van der Waals surface area contributed by atoms with E-state index in [0.717, 1.165) is 38.5 Å². The molecule has 2 aliphatic rings. The molecule has 4 heteroatoms. The standard InChI is InChI=1S/C30H41N3O.C2H6/c1-4-28(32-16-6-7-17-32)23-34-29-13-9-12-27(21-29)30(5-2)33-18-14-25(15-19-33)26-11-8-10-24(20-26)22-31-3;1-2/h4-5,8-13,20-21,25,31H,6-7,14-19,22-23H2,1-3H3;1-2H3/b28-4-,30-5+;. The number of piperidine rings is 1. The molecule has 2 aromatic carbocycles. The fraction of sp³-hybridized carbons (Fsp3) is 0.500. The van der Waals surface area contributed by atoms with Crippen LogP contribution in [0.4, 0.5) is 0 Å². The van der Waals surface area contributed by atoms with Gasteiger partial charge in [0.15, 0.2) is 0 Å². The van der Waals surface area contributed by atoms with Gasteiger partial charge in [-0.05, 0) is 75.8 Å². The minimum absolute atomic E-state index is 0.642. The van der Waals surface area contributed by atoms with Gasteiger partial charge in [0.2, 0.25) is 0 Å². The molecule has 196 valence electrons. The van der Waals surface area contributed by atoms with Crippen molar-refractivity contribution in [3.05, 3.63) is 83.1 Å². The first-order valence-corrected chi connectivity index (χ1v) is 14.0. The van der Waals surface area contributed by atoms with E-state index >= 15 is 0 Å². The van der Waals surface area contributed by atoms with Gasteiger partial charge in [-0.15, -0.1) is 0 Å². The number of benzene rings is 2. The lowest BCUT2D eigenvalue weighted by molar-refractivity contribution is 0.290. The Hall–Kier alpha value is -2.72. The fourth-order valence-electron chi connectivity index (χ4n) is 5.41. The molecule has 1 N–H and O–H groups in total. The largest absolute Gasteiger partial charge is 0.487 e. The normalized spacial score (nSPS) is 17.1. The Kier molecular flexibility index (Phi) is 11.4. The Morgan fingerprint density at radius 3 is 2.31 bits per heavy atom. The quantitative estimate of drug-likeness (QED) is 0.408. The Morgan fingerprint density at radius 1 is 0.917 bits per heavy atom. The topological polar surface area (TPSA) is 27.7 Å². The highest BCUT2D eigenvalue weighted by molar-refractivity contribution is 5.65. The predicted octanol–water partition coefficient (Wildman–Crippen LogP) is 7.05. The van der Waals surface area contributed by atoms with E-state index < -0.39 is 0 Å². The molecule has 4 rings (SSSR count). The first-order valence-electron chi connectivity index (χ1n) is 14.0. The van der Waals surface area contributed by atoms with Gasteiger partial charge in [0.1, 0.15) is 12.4 Å². The van der Waals surface area contributed by atoms with E-state index in [-0.39, 0.29) is 0 Å². The lowest BCUT2D eigenvalue weighted by Gasteiger charge is -2.35. The molecule has 4 nitrogen and oxygen atoms in total. The van der Waals surface area contributed by atoms with E-state index in [0.29, 0.717) is 12.5 Å². The van der Waals surface area contributed by atoms with Crippen molar-refractivity contribution in [2.24, 2.45) is 0 Å². The molecule has 2 heterocycles. The molecular formula is C32H47N3O. The summed E-state index contributed by atoms with van der Waals surface area (Å²) in [5.74, 6) is 1.59. The van der Waals surface area contributed by atoms with Gasteiger partial charge in [0.25, 0.3) is 0 Å². The summed E-state index contributed by atoms with van der Waals surface area (Å²) < 4.78 is 6.24. The van der Waals surface area contributed by atoms with Gasteiger partial charge in [-0.3, -0.25) is 0 Å². The molecule has 2 saturated heterocycles. The SMILES string of the molecule is C/C=C(/COc1cccc(/C(=C\C)N2CCC(c3cccc(CNC)c3)CC2)c1)N1CCCC1.CC. The molecule has 2 fully saturated rings. The van der Waals surface area contributed by atoms with Crippen LogP contribution in [0.5, 0.6) is 5.75 Å². The summed E-state index contributed by atoms with van der Waals surface area (Å²) >= 11 is 0. The highest BCUT2D eigenvalue weighted by Crippen LogP contribution is 2.33. The number of nitrogens with one attached hydrogen (secondary N) is 1. The minimum Gasteiger partial charge on any atom is -0.487 e. The molecule has 0 amide bonds. The van der Waals surface area contributed by atoms with E-state index in [2.05, 4.69) is 89.6 Å². The Labute approximate surface area is 220 Å². The van der Waals surface area contributed by atoms with Crippen molar-refractivity contribution in [1.82, 2.24) is 15.1 Å². The summed E-state index contributed by atoms with van der Waals surface area (Å²) in [6, 6.07) is 17.7. The third-order valence-corrected chi connectivity index (χ3v) is 7.27. The van der Waals surface area contributed by atoms with Crippen molar-refractivity contribution >= 4 is 5.70 Å². The van der Waals surface area contributed by atoms with Crippen LogP contribution in [0, 0.1) is 0 Å². The highest BCUT2D eigenvalue weighted by atomic mass is 16.5. The lowest BCUT2D eigenvalue weighted by Crippen LogP contribution is -2.31. The van der Waals surface area contributed by atoms with Crippen LogP contribution in [0.1, 0.15) is 76.0 Å². The number of nitrogens with zero attached hydrogens (tertiary/aromatic N) is 2. The summed E-state index contributed by atoms with van der Waals surface area (Å²) in [5.41, 5.74) is 6.73. The van der Waals surface area contributed by atoms with Gasteiger partial charge in [-0.1, -0.05) is 62.4 Å². The summed E-state index contributed by atoms with van der Waals surface area (Å²) in [5, 5.41) is 3.27. The summed E-state index contributed by atoms with van der Waals surface area (Å²) in [4.78, 5) is 5.01. The third kappa shape index (κ3) is 7.39. The van der Waals surface area contributed by atoms with Crippen LogP contribution in [-0.2, 0) is 6.54 Å². The van der Waals surface area contributed by atoms with Gasteiger partial charge in [0.05, 0.1) is 0 Å². The van der Waals surface area contributed by atoms with Gasteiger partial charge in [-0.25, -0.2) is 0 Å². The molecule has 0 atom stereocenters. The van der Waals surface area contributed by atoms with E-state index in [1.807, 2.05) is 20.9 Å². The second-order valence-corrected chi connectivity index (χ2v) is 9.50. The van der Waals surface area contributed by atoms with Crippen LogP contribution < -0.4 is 10.1 Å². The number of ether oxygens (including phenoxy) is 1. The summed E-state index contributed by atoms with van der Waals surface area (Å²) in [7, 11) is 2.01. The maximum absolute atomic E-state index is 6.24. The van der Waals surface area contributed by atoms with Crippen LogP contribution in [0.3, 0.4) is 0 Å². The van der Waals surface area contributed by atoms with Crippen LogP contribution in [-0.4, -0.2) is 49.6 Å². The zero-order valence-corrected chi connectivity index (χ0v) is 23.2. The van der Waals surface area contributed by atoms with Crippen LogP contribution in [0.25, 0.3) is 5.70 Å². The molecule has 0 aliphatic carbocycles. The molecule has 0 spiro atoms. The number of likely N-dealkylation sites (tertiary alicyclic amines) is 2. The van der Waals surface area contributed by atoms with Gasteiger partial charge >= 0.3 is 0 Å². The molecule has 2 aromatic rings. The number of hydrogen-bond acceptors (Lipinski definition) is 4. The average Bonchev–Trinajstić information content (AvgIpc) is 3.47. The monoisotopic (exact) mass is 489 g/mol. The lowest BCUT2D eigenvalue weighted by atomic mass is 9.88. The van der Waals surface area contributed by atoms with Crippen molar-refractivity contribution in [3.8, 4) is 5.75 Å². The zero-order valence-electron chi connectivity index (χ0n) is 23.2. The molecule has 0 saturated carbocycles. The number of hydrogen-bond donors (Lipinski definition) is 1. The van der Waals surface area contributed by atoms with Crippen molar-refractivity contribution in [3.63, 3.8) is 0 Å². The van der Waals surface area contributed by atoms with Crippen LogP contribution in [0.15, 0.2) is 66.4 Å². The maximum Gasteiger partial charge on any atom is 0.128 e. The van der Waals surface area contributed by atoms with Crippen LogP contribution in [0.2, 0.25) is 0 Å². The van der Waals surface area contributed by atoms with E-state index in [4.69, 9.17) is 4.74 Å². The summed E-state index contributed by atoms with van der Waals surface area (Å²) in [6.07, 6.45) is 9.42. The Morgan fingerprint density at radius 2 is 1.64 bits per heavy atom.